The molecule has 0 radical (unpaired) electrons. The van der Waals surface area contributed by atoms with Gasteiger partial charge in [-0.25, -0.2) is 33.0 Å². The standard InChI is InChI=1S/C38H36BrClF5N7O5/c1-35(2,3)20-37(24-10-12-25(39)13-11-24)31(53)51(32(49-37)48-33(54)56-18-22-7-5-4-6-8-22)28(19-57-34(55)50-36(15-16-36)38(43,44)45)23-9-14-26(40)27(17-23)52-30(29(41)42)46-21-47-52/h4-14,17,21,28-29H,15-16,18-20H2,1-3H3,(H,50,55)(H,48,49,54)/t28-,37-/m1/s1. The number of alkyl halides is 5. The molecule has 2 N–H and O–H groups in total. The first kappa shape index (κ1) is 41.5. The van der Waals surface area contributed by atoms with E-state index >= 15 is 4.79 Å². The molecule has 2 aliphatic rings. The Morgan fingerprint density at radius 3 is 2.28 bits per heavy atom. The third-order valence-electron chi connectivity index (χ3n) is 9.30. The fraction of sp³-hybridized carbons (Fsp3) is 0.368. The lowest BCUT2D eigenvalue weighted by Gasteiger charge is -2.35. The summed E-state index contributed by atoms with van der Waals surface area (Å²) in [6.07, 6.45) is -10.0. The van der Waals surface area contributed by atoms with Crippen molar-refractivity contribution < 1.29 is 45.8 Å². The van der Waals surface area contributed by atoms with E-state index in [9.17, 15) is 31.5 Å². The van der Waals surface area contributed by atoms with Crippen LogP contribution in [0.5, 0.6) is 0 Å². The van der Waals surface area contributed by atoms with Crippen molar-refractivity contribution in [1.29, 1.82) is 0 Å². The Morgan fingerprint density at radius 1 is 0.982 bits per heavy atom. The van der Waals surface area contributed by atoms with E-state index in [4.69, 9.17) is 26.1 Å². The van der Waals surface area contributed by atoms with E-state index in [2.05, 4.69) is 31.3 Å². The molecule has 19 heteroatoms. The molecular formula is C38H36BrClF5N7O5. The molecule has 302 valence electrons. The molecule has 1 aliphatic carbocycles. The maximum atomic E-state index is 15.3. The molecular weight excluding hydrogens is 845 g/mol. The van der Waals surface area contributed by atoms with Crippen LogP contribution < -0.4 is 10.6 Å². The molecule has 3 amide bonds. The predicted molar refractivity (Wildman–Crippen MR) is 201 cm³/mol. The van der Waals surface area contributed by atoms with Crippen LogP contribution in [0.4, 0.5) is 31.5 Å². The summed E-state index contributed by atoms with van der Waals surface area (Å²) in [7, 11) is 0. The van der Waals surface area contributed by atoms with Gasteiger partial charge in [-0.1, -0.05) is 96.8 Å². The van der Waals surface area contributed by atoms with Gasteiger partial charge < -0.3 is 14.8 Å². The van der Waals surface area contributed by atoms with E-state index in [1.165, 1.54) is 18.2 Å². The van der Waals surface area contributed by atoms with Gasteiger partial charge in [-0.3, -0.25) is 15.0 Å². The number of rotatable bonds is 11. The summed E-state index contributed by atoms with van der Waals surface area (Å²) in [4.78, 5) is 51.3. The van der Waals surface area contributed by atoms with Crippen molar-refractivity contribution in [3.8, 4) is 5.69 Å². The van der Waals surface area contributed by atoms with Gasteiger partial charge in [-0.2, -0.15) is 18.3 Å². The van der Waals surface area contributed by atoms with Crippen molar-refractivity contribution in [3.63, 3.8) is 0 Å². The molecule has 3 aromatic carbocycles. The molecule has 0 bridgehead atoms. The highest BCUT2D eigenvalue weighted by Crippen LogP contribution is 2.49. The van der Waals surface area contributed by atoms with E-state index < -0.39 is 65.7 Å². The van der Waals surface area contributed by atoms with E-state index in [0.717, 1.165) is 15.9 Å². The van der Waals surface area contributed by atoms with Crippen LogP contribution >= 0.6 is 27.5 Å². The van der Waals surface area contributed by atoms with Crippen molar-refractivity contribution in [2.24, 2.45) is 10.4 Å². The molecule has 1 aromatic heterocycles. The Bertz CT molecular complexity index is 2160. The number of carbonyl (C=O) groups excluding carboxylic acids is 3. The molecule has 2 heterocycles. The molecule has 1 fully saturated rings. The number of nitrogens with zero attached hydrogens (tertiary/aromatic N) is 5. The summed E-state index contributed by atoms with van der Waals surface area (Å²) in [5.74, 6) is -1.82. The number of hydrogen-bond acceptors (Lipinski definition) is 8. The second kappa shape index (κ2) is 16.0. The average molecular weight is 881 g/mol. The maximum Gasteiger partial charge on any atom is 0.414 e. The average Bonchev–Trinajstić information content (AvgIpc) is 3.68. The van der Waals surface area contributed by atoms with Crippen molar-refractivity contribution in [1.82, 2.24) is 30.3 Å². The third kappa shape index (κ3) is 9.06. The summed E-state index contributed by atoms with van der Waals surface area (Å²) in [6.45, 7) is 4.67. The van der Waals surface area contributed by atoms with E-state index in [1.54, 1.807) is 54.6 Å². The van der Waals surface area contributed by atoms with Gasteiger partial charge in [0.2, 0.25) is 5.96 Å². The molecule has 4 aromatic rings. The Hall–Kier alpha value is -5.10. The number of aliphatic imine (C=N–C) groups is 1. The largest absolute Gasteiger partial charge is 0.447 e. The number of benzene rings is 3. The number of guanidine groups is 1. The normalized spacial score (nSPS) is 18.3. The summed E-state index contributed by atoms with van der Waals surface area (Å²) in [5, 5.41) is 8.28. The zero-order valence-corrected chi connectivity index (χ0v) is 33.0. The van der Waals surface area contributed by atoms with Crippen LogP contribution in [0.3, 0.4) is 0 Å². The molecule has 2 atom stereocenters. The summed E-state index contributed by atoms with van der Waals surface area (Å²) in [5.41, 5.74) is -3.74. The number of amides is 3. The Balaban J connectivity index is 1.47. The minimum absolute atomic E-state index is 0.0643. The number of carbonyl (C=O) groups is 3. The second-order valence-corrected chi connectivity index (χ2v) is 16.1. The van der Waals surface area contributed by atoms with Crippen LogP contribution in [0.1, 0.15) is 75.0 Å². The number of aromatic nitrogens is 3. The van der Waals surface area contributed by atoms with E-state index in [-0.39, 0.29) is 48.1 Å². The molecule has 6 rings (SSSR count). The summed E-state index contributed by atoms with van der Waals surface area (Å²) >= 11 is 9.89. The second-order valence-electron chi connectivity index (χ2n) is 14.8. The molecule has 12 nitrogen and oxygen atoms in total. The number of nitrogens with one attached hydrogen (secondary N) is 2. The van der Waals surface area contributed by atoms with Crippen LogP contribution in [-0.4, -0.2) is 62.0 Å². The third-order valence-corrected chi connectivity index (χ3v) is 10.2. The first-order chi connectivity index (χ1) is 26.8. The van der Waals surface area contributed by atoms with Gasteiger partial charge >= 0.3 is 18.4 Å². The lowest BCUT2D eigenvalue weighted by Crippen LogP contribution is -2.51. The zero-order valence-electron chi connectivity index (χ0n) is 30.6. The van der Waals surface area contributed by atoms with E-state index in [1.807, 2.05) is 26.1 Å². The topological polar surface area (TPSA) is 140 Å². The van der Waals surface area contributed by atoms with Crippen LogP contribution in [-0.2, 0) is 26.4 Å². The highest BCUT2D eigenvalue weighted by molar-refractivity contribution is 9.10. The van der Waals surface area contributed by atoms with Crippen LogP contribution in [0.25, 0.3) is 5.69 Å². The molecule has 0 saturated heterocycles. The van der Waals surface area contributed by atoms with E-state index in [0.29, 0.717) is 15.6 Å². The van der Waals surface area contributed by atoms with Crippen molar-refractivity contribution in [3.05, 3.63) is 111 Å². The Labute approximate surface area is 336 Å². The number of hydrogen-bond donors (Lipinski definition) is 2. The van der Waals surface area contributed by atoms with Gasteiger partial charge in [0.1, 0.15) is 25.1 Å². The first-order valence-electron chi connectivity index (χ1n) is 17.5. The van der Waals surface area contributed by atoms with Gasteiger partial charge in [-0.05, 0) is 65.6 Å². The van der Waals surface area contributed by atoms with Gasteiger partial charge in [-0.15, -0.1) is 0 Å². The lowest BCUT2D eigenvalue weighted by molar-refractivity contribution is -0.164. The number of alkyl carbamates (subject to hydrolysis) is 2. The predicted octanol–water partition coefficient (Wildman–Crippen LogP) is 8.94. The summed E-state index contributed by atoms with van der Waals surface area (Å²) < 4.78 is 81.8. The Kier molecular flexibility index (Phi) is 11.7. The fourth-order valence-corrected chi connectivity index (χ4v) is 6.96. The number of ether oxygens (including phenoxy) is 2. The molecule has 0 unspecified atom stereocenters. The Morgan fingerprint density at radius 2 is 1.67 bits per heavy atom. The molecule has 57 heavy (non-hydrogen) atoms. The molecule has 1 aliphatic heterocycles. The van der Waals surface area contributed by atoms with Crippen LogP contribution in [0.2, 0.25) is 5.02 Å². The monoisotopic (exact) mass is 879 g/mol. The number of halogens is 7. The quantitative estimate of drug-likeness (QED) is 0.144. The zero-order chi connectivity index (χ0) is 41.3. The van der Waals surface area contributed by atoms with Crippen molar-refractivity contribution >= 4 is 51.6 Å². The van der Waals surface area contributed by atoms with Crippen LogP contribution in [0, 0.1) is 5.41 Å². The van der Waals surface area contributed by atoms with Gasteiger partial charge in [0.15, 0.2) is 11.4 Å². The van der Waals surface area contributed by atoms with Gasteiger partial charge in [0, 0.05) is 4.47 Å². The summed E-state index contributed by atoms with van der Waals surface area (Å²) in [6, 6.07) is 18.0. The smallest absolute Gasteiger partial charge is 0.414 e. The highest BCUT2D eigenvalue weighted by atomic mass is 79.9. The maximum absolute atomic E-state index is 15.3. The SMILES string of the molecule is CC(C)(C)C[C@]1(c2ccc(Br)cc2)N=C(NC(=O)OCc2ccccc2)N([C@H](COC(=O)NC2(C(F)(F)F)CC2)c2ccc(Cl)c(-n3ncnc3C(F)F)c2)C1=O. The molecule has 0 spiro atoms. The van der Waals surface area contributed by atoms with Crippen LogP contribution in [0.15, 0.2) is 88.6 Å². The fourth-order valence-electron chi connectivity index (χ4n) is 6.50. The van der Waals surface area contributed by atoms with Gasteiger partial charge in [0.05, 0.1) is 16.8 Å². The minimum atomic E-state index is -4.76. The highest BCUT2D eigenvalue weighted by Gasteiger charge is 2.64. The van der Waals surface area contributed by atoms with Gasteiger partial charge in [0.25, 0.3) is 12.3 Å². The molecule has 1 saturated carbocycles. The van der Waals surface area contributed by atoms with Crippen molar-refractivity contribution in [2.75, 3.05) is 6.61 Å². The first-order valence-corrected chi connectivity index (χ1v) is 18.7. The van der Waals surface area contributed by atoms with Crippen molar-refractivity contribution in [2.45, 2.75) is 76.4 Å². The minimum Gasteiger partial charge on any atom is -0.447 e. The lowest BCUT2D eigenvalue weighted by atomic mass is 9.75.